The van der Waals surface area contributed by atoms with E-state index < -0.39 is 29.8 Å². The summed E-state index contributed by atoms with van der Waals surface area (Å²) in [7, 11) is 0. The normalized spacial score (nSPS) is 21.4. The molecule has 1 unspecified atom stereocenters. The predicted molar refractivity (Wildman–Crippen MR) is 106 cm³/mol. The quantitative estimate of drug-likeness (QED) is 0.576. The van der Waals surface area contributed by atoms with Gasteiger partial charge in [-0.2, -0.15) is 0 Å². The average Bonchev–Trinajstić information content (AvgIpc) is 3.47. The highest BCUT2D eigenvalue weighted by atomic mass is 16.3. The Morgan fingerprint density at radius 1 is 1.17 bits per heavy atom. The molecule has 2 aliphatic heterocycles. The van der Waals surface area contributed by atoms with E-state index in [1.165, 1.54) is 12.3 Å². The van der Waals surface area contributed by atoms with Crippen molar-refractivity contribution in [3.05, 3.63) is 46.7 Å². The summed E-state index contributed by atoms with van der Waals surface area (Å²) in [4.78, 5) is 56.2. The molecule has 4 rings (SSSR count). The zero-order valence-corrected chi connectivity index (χ0v) is 17.2. The minimum absolute atomic E-state index is 0.153. The second-order valence-corrected chi connectivity index (χ2v) is 8.00. The lowest BCUT2D eigenvalue weighted by atomic mass is 9.92. The summed E-state index contributed by atoms with van der Waals surface area (Å²) in [5.41, 5.74) is -0.156. The molecule has 0 saturated carbocycles. The van der Waals surface area contributed by atoms with Gasteiger partial charge < -0.3 is 19.6 Å². The minimum atomic E-state index is -1.30. The van der Waals surface area contributed by atoms with Crippen molar-refractivity contribution in [1.29, 1.82) is 0 Å². The van der Waals surface area contributed by atoms with Gasteiger partial charge in [0.2, 0.25) is 0 Å². The lowest BCUT2D eigenvalue weighted by molar-refractivity contribution is -0.130. The van der Waals surface area contributed by atoms with Crippen LogP contribution in [0.1, 0.15) is 57.7 Å². The number of aromatic nitrogens is 1. The maximum Gasteiger partial charge on any atom is 0.325 e. The maximum atomic E-state index is 13.0. The Morgan fingerprint density at radius 3 is 2.50 bits per heavy atom. The van der Waals surface area contributed by atoms with Gasteiger partial charge >= 0.3 is 6.03 Å². The first-order chi connectivity index (χ1) is 14.2. The molecule has 2 aromatic rings. The van der Waals surface area contributed by atoms with Crippen molar-refractivity contribution in [3.63, 3.8) is 0 Å². The number of nitrogens with one attached hydrogen (secondary N) is 2. The highest BCUT2D eigenvalue weighted by molar-refractivity contribution is 6.11. The van der Waals surface area contributed by atoms with Gasteiger partial charge in [-0.3, -0.25) is 19.3 Å². The number of urea groups is 1. The molecule has 2 aromatic heterocycles. The van der Waals surface area contributed by atoms with Crippen LogP contribution >= 0.6 is 0 Å². The molecule has 30 heavy (non-hydrogen) atoms. The van der Waals surface area contributed by atoms with E-state index in [1.807, 2.05) is 0 Å². The van der Waals surface area contributed by atoms with E-state index in [0.29, 0.717) is 35.9 Å². The monoisotopic (exact) mass is 412 g/mol. The summed E-state index contributed by atoms with van der Waals surface area (Å²) < 4.78 is 5.50. The SMILES string of the molecule is Cc1cc(C2(C)NC(=O)N(CC(=O)c3c[nH]c(C(=O)N4CCCC4)c3)C2=O)c(C)o1. The molecular formula is C21H24N4O5. The first-order valence-corrected chi connectivity index (χ1v) is 9.93. The van der Waals surface area contributed by atoms with Crippen molar-refractivity contribution < 1.29 is 23.6 Å². The Balaban J connectivity index is 1.50. The molecule has 9 heteroatoms. The van der Waals surface area contributed by atoms with E-state index in [-0.39, 0.29) is 11.5 Å². The number of hydrogen-bond donors (Lipinski definition) is 2. The van der Waals surface area contributed by atoms with Gasteiger partial charge in [0.1, 0.15) is 22.8 Å². The Hall–Kier alpha value is -3.36. The number of hydrogen-bond acceptors (Lipinski definition) is 5. The molecule has 1 atom stereocenters. The van der Waals surface area contributed by atoms with Crippen molar-refractivity contribution in [2.24, 2.45) is 0 Å². The summed E-state index contributed by atoms with van der Waals surface area (Å²) in [6.07, 6.45) is 3.38. The smallest absolute Gasteiger partial charge is 0.325 e. The number of H-pyrrole nitrogens is 1. The molecule has 9 nitrogen and oxygen atoms in total. The number of aryl methyl sites for hydroxylation is 2. The van der Waals surface area contributed by atoms with E-state index in [0.717, 1.165) is 17.7 Å². The molecule has 0 spiro atoms. The van der Waals surface area contributed by atoms with Gasteiger partial charge in [-0.1, -0.05) is 0 Å². The second-order valence-electron chi connectivity index (χ2n) is 8.00. The molecule has 2 aliphatic rings. The van der Waals surface area contributed by atoms with Crippen LogP contribution in [0.15, 0.2) is 22.7 Å². The van der Waals surface area contributed by atoms with Gasteiger partial charge in [-0.25, -0.2) is 4.79 Å². The number of rotatable bonds is 5. The molecule has 0 aromatic carbocycles. The highest BCUT2D eigenvalue weighted by Crippen LogP contribution is 2.33. The predicted octanol–water partition coefficient (Wildman–Crippen LogP) is 2.11. The molecule has 2 fully saturated rings. The third-order valence-corrected chi connectivity index (χ3v) is 5.79. The summed E-state index contributed by atoms with van der Waals surface area (Å²) >= 11 is 0. The van der Waals surface area contributed by atoms with Gasteiger partial charge in [0, 0.05) is 30.4 Å². The Morgan fingerprint density at radius 2 is 1.87 bits per heavy atom. The van der Waals surface area contributed by atoms with E-state index in [4.69, 9.17) is 4.42 Å². The number of aromatic amines is 1. The Labute approximate surface area is 173 Å². The number of carbonyl (C=O) groups excluding carboxylic acids is 4. The van der Waals surface area contributed by atoms with Gasteiger partial charge in [0.15, 0.2) is 5.78 Å². The lowest BCUT2D eigenvalue weighted by Gasteiger charge is -2.21. The van der Waals surface area contributed by atoms with Crippen LogP contribution < -0.4 is 5.32 Å². The number of likely N-dealkylation sites (tertiary alicyclic amines) is 1. The third-order valence-electron chi connectivity index (χ3n) is 5.79. The summed E-state index contributed by atoms with van der Waals surface area (Å²) in [6.45, 7) is 6.07. The van der Waals surface area contributed by atoms with E-state index in [9.17, 15) is 19.2 Å². The van der Waals surface area contributed by atoms with Crippen molar-refractivity contribution in [3.8, 4) is 0 Å². The molecular weight excluding hydrogens is 388 g/mol. The van der Waals surface area contributed by atoms with Crippen LogP contribution in [-0.4, -0.2) is 58.0 Å². The van der Waals surface area contributed by atoms with Crippen LogP contribution in [0.25, 0.3) is 0 Å². The van der Waals surface area contributed by atoms with Crippen molar-refractivity contribution in [1.82, 2.24) is 20.1 Å². The summed E-state index contributed by atoms with van der Waals surface area (Å²) in [6, 6.07) is 2.55. The van der Waals surface area contributed by atoms with Crippen LogP contribution in [0.5, 0.6) is 0 Å². The van der Waals surface area contributed by atoms with Crippen LogP contribution in [0.4, 0.5) is 4.79 Å². The summed E-state index contributed by atoms with van der Waals surface area (Å²) in [5.74, 6) is 0.0588. The van der Waals surface area contributed by atoms with Crippen molar-refractivity contribution in [2.45, 2.75) is 39.2 Å². The van der Waals surface area contributed by atoms with Crippen molar-refractivity contribution >= 4 is 23.6 Å². The molecule has 4 amide bonds. The summed E-state index contributed by atoms with van der Waals surface area (Å²) in [5, 5.41) is 2.67. The van der Waals surface area contributed by atoms with Crippen LogP contribution in [-0.2, 0) is 10.3 Å². The first-order valence-electron chi connectivity index (χ1n) is 9.93. The zero-order chi connectivity index (χ0) is 21.6. The lowest BCUT2D eigenvalue weighted by Crippen LogP contribution is -2.41. The maximum absolute atomic E-state index is 13.0. The van der Waals surface area contributed by atoms with Crippen LogP contribution in [0, 0.1) is 13.8 Å². The van der Waals surface area contributed by atoms with Crippen molar-refractivity contribution in [2.75, 3.05) is 19.6 Å². The minimum Gasteiger partial charge on any atom is -0.466 e. The number of furan rings is 1. The number of carbonyl (C=O) groups is 4. The molecule has 4 heterocycles. The van der Waals surface area contributed by atoms with E-state index in [2.05, 4.69) is 10.3 Å². The molecule has 0 bridgehead atoms. The van der Waals surface area contributed by atoms with Gasteiger partial charge in [0.25, 0.3) is 11.8 Å². The van der Waals surface area contributed by atoms with Crippen LogP contribution in [0.2, 0.25) is 0 Å². The Bertz CT molecular complexity index is 1050. The number of amides is 4. The molecule has 2 N–H and O–H groups in total. The topological polar surface area (TPSA) is 116 Å². The van der Waals surface area contributed by atoms with Gasteiger partial charge in [-0.05, 0) is 45.7 Å². The van der Waals surface area contributed by atoms with Crippen LogP contribution in [0.3, 0.4) is 0 Å². The zero-order valence-electron chi connectivity index (χ0n) is 17.2. The molecule has 0 aliphatic carbocycles. The van der Waals surface area contributed by atoms with Gasteiger partial charge in [-0.15, -0.1) is 0 Å². The second kappa shape index (κ2) is 7.16. The average molecular weight is 412 g/mol. The molecule has 0 radical (unpaired) electrons. The number of Topliss-reactive ketones (excluding diaryl/α,β-unsaturated/α-hetero) is 1. The number of imide groups is 1. The number of ketones is 1. The fraction of sp³-hybridized carbons (Fsp3) is 0.429. The largest absolute Gasteiger partial charge is 0.466 e. The van der Waals surface area contributed by atoms with E-state index in [1.54, 1.807) is 31.7 Å². The van der Waals surface area contributed by atoms with Gasteiger partial charge in [0.05, 0.1) is 6.54 Å². The first kappa shape index (κ1) is 19.9. The molecule has 158 valence electrons. The fourth-order valence-electron chi connectivity index (χ4n) is 4.15. The highest BCUT2D eigenvalue weighted by Gasteiger charge is 2.51. The molecule has 2 saturated heterocycles. The fourth-order valence-corrected chi connectivity index (χ4v) is 4.15. The number of nitrogens with zero attached hydrogens (tertiary/aromatic N) is 2. The Kier molecular flexibility index (Phi) is 4.76. The third kappa shape index (κ3) is 3.20. The standard InChI is InChI=1S/C21H24N4O5/c1-12-8-15(13(2)30-12)21(3)19(28)25(20(29)23-21)11-17(26)14-9-16(22-10-14)18(27)24-6-4-5-7-24/h8-10,22H,4-7,11H2,1-3H3,(H,23,29). The van der Waals surface area contributed by atoms with E-state index >= 15 is 0 Å².